The van der Waals surface area contributed by atoms with E-state index in [0.717, 1.165) is 0 Å². The molecule has 1 aromatic heterocycles. The molecule has 0 aliphatic rings. The molecular formula is C13H9Cl2NO3. The molecular weight excluding hydrogens is 289 g/mol. The van der Waals surface area contributed by atoms with Gasteiger partial charge in [0, 0.05) is 11.8 Å². The van der Waals surface area contributed by atoms with Crippen molar-refractivity contribution in [2.45, 2.75) is 6.42 Å². The van der Waals surface area contributed by atoms with Crippen LogP contribution in [0.1, 0.15) is 5.56 Å². The topological polar surface area (TPSA) is 70.2 Å². The van der Waals surface area contributed by atoms with E-state index in [1.807, 2.05) is 0 Å². The Morgan fingerprint density at radius 1 is 1.16 bits per heavy atom. The maximum atomic E-state index is 12.0. The highest BCUT2D eigenvalue weighted by molar-refractivity contribution is 6.39. The molecule has 0 aliphatic carbocycles. The first-order valence-electron chi connectivity index (χ1n) is 5.37. The van der Waals surface area contributed by atoms with Crippen LogP contribution in [0.15, 0.2) is 35.3 Å². The lowest BCUT2D eigenvalue weighted by atomic mass is 9.99. The summed E-state index contributed by atoms with van der Waals surface area (Å²) in [7, 11) is 0. The van der Waals surface area contributed by atoms with Gasteiger partial charge < -0.3 is 10.1 Å². The largest absolute Gasteiger partial charge is 0.481 e. The van der Waals surface area contributed by atoms with Crippen LogP contribution in [-0.4, -0.2) is 16.1 Å². The third-order valence-electron chi connectivity index (χ3n) is 2.60. The van der Waals surface area contributed by atoms with E-state index >= 15 is 0 Å². The van der Waals surface area contributed by atoms with E-state index in [2.05, 4.69) is 4.98 Å². The number of H-pyrrole nitrogens is 1. The second-order valence-electron chi connectivity index (χ2n) is 3.87. The van der Waals surface area contributed by atoms with E-state index in [0.29, 0.717) is 21.2 Å². The summed E-state index contributed by atoms with van der Waals surface area (Å²) in [5, 5.41) is 9.49. The molecule has 0 fully saturated rings. The fourth-order valence-electron chi connectivity index (χ4n) is 1.84. The molecule has 1 heterocycles. The minimum absolute atomic E-state index is 0.195. The summed E-state index contributed by atoms with van der Waals surface area (Å²) < 4.78 is 0. The number of hydrogen-bond acceptors (Lipinski definition) is 2. The number of nitrogens with one attached hydrogen (secondary N) is 1. The highest BCUT2D eigenvalue weighted by atomic mass is 35.5. The van der Waals surface area contributed by atoms with Gasteiger partial charge in [-0.25, -0.2) is 0 Å². The van der Waals surface area contributed by atoms with Crippen molar-refractivity contribution in [3.05, 3.63) is 56.4 Å². The summed E-state index contributed by atoms with van der Waals surface area (Å²) in [4.78, 5) is 25.3. The molecule has 0 saturated heterocycles. The van der Waals surface area contributed by atoms with Gasteiger partial charge in [0.1, 0.15) is 0 Å². The highest BCUT2D eigenvalue weighted by Crippen LogP contribution is 2.34. The molecule has 0 atom stereocenters. The van der Waals surface area contributed by atoms with Gasteiger partial charge in [0.05, 0.1) is 22.0 Å². The van der Waals surface area contributed by atoms with Crippen molar-refractivity contribution in [2.75, 3.05) is 0 Å². The minimum atomic E-state index is -1.03. The van der Waals surface area contributed by atoms with Gasteiger partial charge in [-0.05, 0) is 23.8 Å². The molecule has 19 heavy (non-hydrogen) atoms. The minimum Gasteiger partial charge on any atom is -0.481 e. The molecule has 98 valence electrons. The zero-order valence-corrected chi connectivity index (χ0v) is 11.1. The summed E-state index contributed by atoms with van der Waals surface area (Å²) in [5.41, 5.74) is 0.490. The zero-order valence-electron chi connectivity index (χ0n) is 9.61. The summed E-state index contributed by atoms with van der Waals surface area (Å²) in [6.45, 7) is 0. The van der Waals surface area contributed by atoms with Crippen molar-refractivity contribution in [1.29, 1.82) is 0 Å². The second-order valence-corrected chi connectivity index (χ2v) is 4.69. The molecule has 0 radical (unpaired) electrons. The Morgan fingerprint density at radius 2 is 1.79 bits per heavy atom. The van der Waals surface area contributed by atoms with Crippen LogP contribution in [0.25, 0.3) is 11.1 Å². The molecule has 2 aromatic rings. The van der Waals surface area contributed by atoms with Gasteiger partial charge in [0.25, 0.3) is 5.56 Å². The number of aromatic nitrogens is 1. The normalized spacial score (nSPS) is 10.4. The van der Waals surface area contributed by atoms with Gasteiger partial charge in [0.15, 0.2) is 0 Å². The molecule has 0 unspecified atom stereocenters. The van der Waals surface area contributed by atoms with Crippen LogP contribution in [0.2, 0.25) is 10.0 Å². The van der Waals surface area contributed by atoms with Crippen molar-refractivity contribution >= 4 is 29.2 Å². The Kier molecular flexibility index (Phi) is 3.93. The lowest BCUT2D eigenvalue weighted by Gasteiger charge is -2.10. The summed E-state index contributed by atoms with van der Waals surface area (Å²) >= 11 is 12.1. The number of rotatable bonds is 3. The Morgan fingerprint density at radius 3 is 2.37 bits per heavy atom. The first-order chi connectivity index (χ1) is 9.00. The van der Waals surface area contributed by atoms with Gasteiger partial charge in [-0.3, -0.25) is 9.59 Å². The number of carbonyl (C=O) groups is 1. The SMILES string of the molecule is O=C(O)Cc1cc[nH]c(=O)c1-c1c(Cl)cccc1Cl. The monoisotopic (exact) mass is 297 g/mol. The number of pyridine rings is 1. The van der Waals surface area contributed by atoms with E-state index in [1.54, 1.807) is 18.2 Å². The van der Waals surface area contributed by atoms with E-state index in [1.165, 1.54) is 12.3 Å². The van der Waals surface area contributed by atoms with E-state index in [4.69, 9.17) is 28.3 Å². The quantitative estimate of drug-likeness (QED) is 0.915. The van der Waals surface area contributed by atoms with Gasteiger partial charge in [-0.2, -0.15) is 0 Å². The average Bonchev–Trinajstić information content (AvgIpc) is 2.31. The molecule has 4 nitrogen and oxygen atoms in total. The zero-order chi connectivity index (χ0) is 14.0. The van der Waals surface area contributed by atoms with Crippen molar-refractivity contribution in [3.63, 3.8) is 0 Å². The molecule has 0 saturated carbocycles. The van der Waals surface area contributed by atoms with Gasteiger partial charge in [0.2, 0.25) is 0 Å². The number of aliphatic carboxylic acids is 1. The second kappa shape index (κ2) is 5.47. The van der Waals surface area contributed by atoms with Crippen LogP contribution in [0.5, 0.6) is 0 Å². The third-order valence-corrected chi connectivity index (χ3v) is 3.23. The number of aromatic amines is 1. The number of benzene rings is 1. The highest BCUT2D eigenvalue weighted by Gasteiger charge is 2.17. The van der Waals surface area contributed by atoms with Crippen molar-refractivity contribution in [1.82, 2.24) is 4.98 Å². The molecule has 0 amide bonds. The molecule has 2 rings (SSSR count). The lowest BCUT2D eigenvalue weighted by molar-refractivity contribution is -0.136. The van der Waals surface area contributed by atoms with Crippen molar-refractivity contribution < 1.29 is 9.90 Å². The smallest absolute Gasteiger partial charge is 0.307 e. The predicted octanol–water partition coefficient (Wildman–Crippen LogP) is 2.98. The number of hydrogen-bond donors (Lipinski definition) is 2. The summed E-state index contributed by atoms with van der Waals surface area (Å²) in [6.07, 6.45) is 1.12. The molecule has 6 heteroatoms. The van der Waals surface area contributed by atoms with Crippen LogP contribution in [0, 0.1) is 0 Å². The van der Waals surface area contributed by atoms with Gasteiger partial charge in [-0.15, -0.1) is 0 Å². The van der Waals surface area contributed by atoms with Crippen molar-refractivity contribution in [2.24, 2.45) is 0 Å². The summed E-state index contributed by atoms with van der Waals surface area (Å²) in [5.74, 6) is -1.03. The fraction of sp³-hybridized carbons (Fsp3) is 0.0769. The average molecular weight is 298 g/mol. The third kappa shape index (κ3) is 2.80. The fourth-order valence-corrected chi connectivity index (χ4v) is 2.43. The van der Waals surface area contributed by atoms with E-state index in [9.17, 15) is 9.59 Å². The first-order valence-corrected chi connectivity index (χ1v) is 6.13. The molecule has 0 aliphatic heterocycles. The van der Waals surface area contributed by atoms with Crippen molar-refractivity contribution in [3.8, 4) is 11.1 Å². The van der Waals surface area contributed by atoms with Gasteiger partial charge >= 0.3 is 5.97 Å². The maximum Gasteiger partial charge on any atom is 0.307 e. The molecule has 0 spiro atoms. The first kappa shape index (κ1) is 13.6. The van der Waals surface area contributed by atoms with E-state index < -0.39 is 11.5 Å². The number of carboxylic acid groups (broad SMARTS) is 1. The summed E-state index contributed by atoms with van der Waals surface area (Å²) in [6, 6.07) is 6.38. The van der Waals surface area contributed by atoms with E-state index in [-0.39, 0.29) is 12.0 Å². The standard InChI is InChI=1S/C13H9Cl2NO3/c14-8-2-1-3-9(15)12(8)11-7(6-10(17)18)4-5-16-13(11)19/h1-5H,6H2,(H,16,19)(H,17,18). The predicted molar refractivity (Wildman–Crippen MR) is 73.9 cm³/mol. The molecule has 2 N–H and O–H groups in total. The lowest BCUT2D eigenvalue weighted by Crippen LogP contribution is -2.14. The Labute approximate surface area is 118 Å². The Hall–Kier alpha value is -1.78. The van der Waals surface area contributed by atoms with Gasteiger partial charge in [-0.1, -0.05) is 29.3 Å². The van der Waals surface area contributed by atoms with Crippen LogP contribution < -0.4 is 5.56 Å². The number of halogens is 2. The molecule has 0 bridgehead atoms. The Balaban J connectivity index is 2.74. The maximum absolute atomic E-state index is 12.0. The van der Waals surface area contributed by atoms with Crippen LogP contribution in [0.3, 0.4) is 0 Å². The van der Waals surface area contributed by atoms with Crippen LogP contribution in [0.4, 0.5) is 0 Å². The molecule has 1 aromatic carbocycles. The number of carboxylic acids is 1. The Bertz CT molecular complexity index is 674. The van der Waals surface area contributed by atoms with Crippen LogP contribution in [-0.2, 0) is 11.2 Å². The van der Waals surface area contributed by atoms with Crippen LogP contribution >= 0.6 is 23.2 Å².